The minimum Gasteiger partial charge on any atom is -0.352 e. The first kappa shape index (κ1) is 18.7. The topological polar surface area (TPSA) is 62.3 Å². The third kappa shape index (κ3) is 3.71. The highest BCUT2D eigenvalue weighted by Crippen LogP contribution is 2.38. The van der Waals surface area contributed by atoms with E-state index in [9.17, 15) is 18.4 Å². The number of amides is 2. The number of rotatable bonds is 5. The van der Waals surface area contributed by atoms with Gasteiger partial charge in [0.25, 0.3) is 5.91 Å². The van der Waals surface area contributed by atoms with Gasteiger partial charge in [0.1, 0.15) is 11.6 Å². The van der Waals surface area contributed by atoms with Crippen LogP contribution in [-0.2, 0) is 11.3 Å². The van der Waals surface area contributed by atoms with Crippen LogP contribution in [-0.4, -0.2) is 16.8 Å². The van der Waals surface area contributed by atoms with Gasteiger partial charge in [-0.05, 0) is 42.5 Å². The minimum atomic E-state index is -0.634. The molecule has 0 unspecified atom stereocenters. The Morgan fingerprint density at radius 2 is 1.79 bits per heavy atom. The molecule has 0 radical (unpaired) electrons. The number of nitrogens with one attached hydrogen (secondary N) is 1. The fourth-order valence-electron chi connectivity index (χ4n) is 3.43. The van der Waals surface area contributed by atoms with E-state index >= 15 is 0 Å². The Labute approximate surface area is 166 Å². The number of pyridine rings is 1. The molecule has 0 saturated heterocycles. The van der Waals surface area contributed by atoms with Crippen LogP contribution in [0.25, 0.3) is 0 Å². The summed E-state index contributed by atoms with van der Waals surface area (Å²) in [5.74, 6) is -1.47. The molecular weight excluding hydrogens is 376 g/mol. The predicted molar refractivity (Wildman–Crippen MR) is 103 cm³/mol. The molecule has 0 bridgehead atoms. The van der Waals surface area contributed by atoms with Crippen LogP contribution in [0.15, 0.2) is 66.9 Å². The summed E-state index contributed by atoms with van der Waals surface area (Å²) < 4.78 is 27.1. The summed E-state index contributed by atoms with van der Waals surface area (Å²) in [7, 11) is 0. The summed E-state index contributed by atoms with van der Waals surface area (Å²) in [5.41, 5.74) is 1.74. The second kappa shape index (κ2) is 7.79. The van der Waals surface area contributed by atoms with Crippen LogP contribution < -0.4 is 10.2 Å². The van der Waals surface area contributed by atoms with Gasteiger partial charge in [-0.3, -0.25) is 19.5 Å². The van der Waals surface area contributed by atoms with Crippen LogP contribution in [0.1, 0.15) is 34.1 Å². The van der Waals surface area contributed by atoms with E-state index in [1.54, 1.807) is 36.5 Å². The van der Waals surface area contributed by atoms with Gasteiger partial charge >= 0.3 is 0 Å². The van der Waals surface area contributed by atoms with E-state index in [0.717, 1.165) is 0 Å². The number of carbonyl (C=O) groups excluding carboxylic acids is 2. The van der Waals surface area contributed by atoms with Crippen LogP contribution in [0, 0.1) is 11.6 Å². The quantitative estimate of drug-likeness (QED) is 0.718. The number of carbonyl (C=O) groups is 2. The minimum absolute atomic E-state index is 0.0395. The summed E-state index contributed by atoms with van der Waals surface area (Å²) in [6.07, 6.45) is 1.51. The van der Waals surface area contributed by atoms with Crippen molar-refractivity contribution < 1.29 is 18.4 Å². The Morgan fingerprint density at radius 3 is 2.55 bits per heavy atom. The van der Waals surface area contributed by atoms with Crippen molar-refractivity contribution in [2.24, 2.45) is 0 Å². The molecule has 2 heterocycles. The van der Waals surface area contributed by atoms with Gasteiger partial charge in [-0.2, -0.15) is 0 Å². The molecule has 146 valence electrons. The highest BCUT2D eigenvalue weighted by Gasteiger charge is 2.39. The molecule has 1 aliphatic rings. The monoisotopic (exact) mass is 393 g/mol. The number of benzene rings is 2. The summed E-state index contributed by atoms with van der Waals surface area (Å²) in [6.45, 7) is 0.0395. The lowest BCUT2D eigenvalue weighted by Crippen LogP contribution is -2.33. The van der Waals surface area contributed by atoms with Crippen LogP contribution in [0.3, 0.4) is 0 Å². The number of hydrogen-bond donors (Lipinski definition) is 1. The molecule has 1 N–H and O–H groups in total. The SMILES string of the molecule is O=C(C[C@H]1c2ncccc2C(=O)N1c1ccc(F)cc1)NCc1ccccc1F. The molecule has 7 heteroatoms. The largest absolute Gasteiger partial charge is 0.352 e. The average Bonchev–Trinajstić information content (AvgIpc) is 3.00. The van der Waals surface area contributed by atoms with Gasteiger partial charge in [0.2, 0.25) is 5.91 Å². The molecule has 1 aliphatic heterocycles. The van der Waals surface area contributed by atoms with Crippen LogP contribution >= 0.6 is 0 Å². The first-order valence-electron chi connectivity index (χ1n) is 9.09. The smallest absolute Gasteiger partial charge is 0.260 e. The van der Waals surface area contributed by atoms with E-state index in [1.807, 2.05) is 0 Å². The number of hydrogen-bond acceptors (Lipinski definition) is 3. The van der Waals surface area contributed by atoms with E-state index in [2.05, 4.69) is 10.3 Å². The molecular formula is C22H17F2N3O2. The third-order valence-electron chi connectivity index (χ3n) is 4.83. The number of anilines is 1. The molecule has 29 heavy (non-hydrogen) atoms. The maximum Gasteiger partial charge on any atom is 0.260 e. The van der Waals surface area contributed by atoms with E-state index in [-0.39, 0.29) is 24.8 Å². The van der Waals surface area contributed by atoms with Gasteiger partial charge in [0.15, 0.2) is 0 Å². The number of fused-ring (bicyclic) bond motifs is 1. The first-order valence-corrected chi connectivity index (χ1v) is 9.09. The Morgan fingerprint density at radius 1 is 1.03 bits per heavy atom. The fraction of sp³-hybridized carbons (Fsp3) is 0.136. The fourth-order valence-corrected chi connectivity index (χ4v) is 3.43. The Kier molecular flexibility index (Phi) is 5.03. The van der Waals surface area contributed by atoms with Gasteiger partial charge in [0.05, 0.1) is 23.7 Å². The lowest BCUT2D eigenvalue weighted by molar-refractivity contribution is -0.121. The van der Waals surface area contributed by atoms with Crippen LogP contribution in [0.4, 0.5) is 14.5 Å². The lowest BCUT2D eigenvalue weighted by atomic mass is 10.1. The molecule has 3 aromatic rings. The van der Waals surface area contributed by atoms with Crippen molar-refractivity contribution in [3.63, 3.8) is 0 Å². The normalized spacial score (nSPS) is 15.3. The van der Waals surface area contributed by atoms with Crippen molar-refractivity contribution in [2.45, 2.75) is 19.0 Å². The van der Waals surface area contributed by atoms with Crippen molar-refractivity contribution in [3.8, 4) is 0 Å². The number of nitrogens with zero attached hydrogens (tertiary/aromatic N) is 2. The molecule has 4 rings (SSSR count). The predicted octanol–water partition coefficient (Wildman–Crippen LogP) is 3.77. The van der Waals surface area contributed by atoms with Crippen LogP contribution in [0.2, 0.25) is 0 Å². The van der Waals surface area contributed by atoms with E-state index < -0.39 is 17.7 Å². The summed E-state index contributed by atoms with van der Waals surface area (Å²) in [4.78, 5) is 31.2. The third-order valence-corrected chi connectivity index (χ3v) is 4.83. The van der Waals surface area contributed by atoms with E-state index in [1.165, 1.54) is 35.2 Å². The van der Waals surface area contributed by atoms with Gasteiger partial charge in [-0.15, -0.1) is 0 Å². The van der Waals surface area contributed by atoms with Crippen molar-refractivity contribution in [1.29, 1.82) is 0 Å². The number of aromatic nitrogens is 1. The van der Waals surface area contributed by atoms with Gasteiger partial charge in [0, 0.05) is 24.0 Å². The maximum atomic E-state index is 13.8. The molecule has 1 atom stereocenters. The molecule has 0 fully saturated rings. The zero-order chi connectivity index (χ0) is 20.4. The van der Waals surface area contributed by atoms with Crippen molar-refractivity contribution >= 4 is 17.5 Å². The van der Waals surface area contributed by atoms with Crippen LogP contribution in [0.5, 0.6) is 0 Å². The molecule has 1 aromatic heterocycles. The molecule has 2 aromatic carbocycles. The average molecular weight is 393 g/mol. The highest BCUT2D eigenvalue weighted by molar-refractivity contribution is 6.11. The van der Waals surface area contributed by atoms with Crippen molar-refractivity contribution in [1.82, 2.24) is 10.3 Å². The Hall–Kier alpha value is -3.61. The molecule has 0 saturated carbocycles. The van der Waals surface area contributed by atoms with E-state index in [0.29, 0.717) is 22.5 Å². The maximum absolute atomic E-state index is 13.8. The van der Waals surface area contributed by atoms with Gasteiger partial charge in [-0.25, -0.2) is 8.78 Å². The van der Waals surface area contributed by atoms with Crippen molar-refractivity contribution in [2.75, 3.05) is 4.90 Å². The molecule has 0 spiro atoms. The Balaban J connectivity index is 1.57. The van der Waals surface area contributed by atoms with Gasteiger partial charge < -0.3 is 5.32 Å². The Bertz CT molecular complexity index is 1070. The summed E-state index contributed by atoms with van der Waals surface area (Å²) in [6, 6.07) is 14.4. The number of halogens is 2. The second-order valence-electron chi connectivity index (χ2n) is 6.68. The summed E-state index contributed by atoms with van der Waals surface area (Å²) in [5, 5.41) is 2.69. The standard InChI is InChI=1S/C22H17F2N3O2/c23-15-7-9-16(10-8-15)27-19(21-17(22(27)29)5-3-11-25-21)12-20(28)26-13-14-4-1-2-6-18(14)24/h1-11,19H,12-13H2,(H,26,28)/t19-/m0/s1. The highest BCUT2D eigenvalue weighted by atomic mass is 19.1. The van der Waals surface area contributed by atoms with Crippen molar-refractivity contribution in [3.05, 3.63) is 95.3 Å². The zero-order valence-corrected chi connectivity index (χ0v) is 15.3. The lowest BCUT2D eigenvalue weighted by Gasteiger charge is -2.24. The summed E-state index contributed by atoms with van der Waals surface area (Å²) >= 11 is 0. The van der Waals surface area contributed by atoms with E-state index in [4.69, 9.17) is 0 Å². The zero-order valence-electron chi connectivity index (χ0n) is 15.3. The first-order chi connectivity index (χ1) is 14.0. The second-order valence-corrected chi connectivity index (χ2v) is 6.68. The molecule has 5 nitrogen and oxygen atoms in total. The molecule has 0 aliphatic carbocycles. The van der Waals surface area contributed by atoms with Gasteiger partial charge in [-0.1, -0.05) is 18.2 Å². The molecule has 2 amide bonds.